The highest BCUT2D eigenvalue weighted by molar-refractivity contribution is 5.15. The first-order chi connectivity index (χ1) is 9.84. The van der Waals surface area contributed by atoms with Gasteiger partial charge in [-0.25, -0.2) is 4.98 Å². The average molecular weight is 273 g/mol. The highest BCUT2D eigenvalue weighted by atomic mass is 16.3. The molecule has 0 bridgehead atoms. The molecule has 4 nitrogen and oxygen atoms in total. The topological polar surface area (TPSA) is 43.0 Å². The van der Waals surface area contributed by atoms with Crippen molar-refractivity contribution in [2.75, 3.05) is 6.54 Å². The Morgan fingerprint density at radius 3 is 2.95 bits per heavy atom. The zero-order chi connectivity index (χ0) is 13.8. The lowest BCUT2D eigenvalue weighted by molar-refractivity contribution is 0.405. The molecule has 0 amide bonds. The normalized spacial score (nSPS) is 17.6. The maximum absolute atomic E-state index is 5.58. The molecule has 3 rings (SSSR count). The minimum absolute atomic E-state index is 0.0476. The second-order valence-electron chi connectivity index (χ2n) is 5.74. The average Bonchev–Trinajstić information content (AvgIpc) is 3.18. The van der Waals surface area contributed by atoms with E-state index in [1.807, 2.05) is 31.6 Å². The van der Waals surface area contributed by atoms with Crippen molar-refractivity contribution in [1.82, 2.24) is 14.9 Å². The summed E-state index contributed by atoms with van der Waals surface area (Å²) in [6.45, 7) is 1.02. The van der Waals surface area contributed by atoms with E-state index in [4.69, 9.17) is 4.42 Å². The van der Waals surface area contributed by atoms with Crippen LogP contribution in [0, 0.1) is 5.92 Å². The smallest absolute Gasteiger partial charge is 0.133 e. The molecule has 2 aromatic heterocycles. The van der Waals surface area contributed by atoms with Crippen LogP contribution >= 0.6 is 0 Å². The Hall–Kier alpha value is -1.55. The maximum Gasteiger partial charge on any atom is 0.133 e. The SMILES string of the molecule is Cn1ccnc1C(NCCC1CCCC1)c1ccco1. The number of furan rings is 1. The quantitative estimate of drug-likeness (QED) is 0.878. The molecule has 4 heteroatoms. The molecule has 1 unspecified atom stereocenters. The van der Waals surface area contributed by atoms with Gasteiger partial charge in [-0.05, 0) is 31.0 Å². The van der Waals surface area contributed by atoms with Crippen LogP contribution in [0.4, 0.5) is 0 Å². The third kappa shape index (κ3) is 2.96. The fourth-order valence-electron chi connectivity index (χ4n) is 3.16. The number of nitrogens with zero attached hydrogens (tertiary/aromatic N) is 2. The molecule has 108 valence electrons. The lowest BCUT2D eigenvalue weighted by Crippen LogP contribution is -2.26. The van der Waals surface area contributed by atoms with E-state index in [1.54, 1.807) is 6.26 Å². The molecular weight excluding hydrogens is 250 g/mol. The van der Waals surface area contributed by atoms with E-state index in [9.17, 15) is 0 Å². The van der Waals surface area contributed by atoms with E-state index in [2.05, 4.69) is 14.9 Å². The molecule has 1 saturated carbocycles. The standard InChI is InChI=1S/C16H23N3O/c1-19-11-10-18-16(19)15(14-7-4-12-20-14)17-9-8-13-5-2-3-6-13/h4,7,10-13,15,17H,2-3,5-6,8-9H2,1H3. The van der Waals surface area contributed by atoms with Crippen LogP contribution in [-0.2, 0) is 7.05 Å². The molecule has 0 spiro atoms. The van der Waals surface area contributed by atoms with Gasteiger partial charge in [-0.15, -0.1) is 0 Å². The van der Waals surface area contributed by atoms with Crippen LogP contribution in [0.2, 0.25) is 0 Å². The van der Waals surface area contributed by atoms with Gasteiger partial charge >= 0.3 is 0 Å². The summed E-state index contributed by atoms with van der Waals surface area (Å²) in [5.41, 5.74) is 0. The Kier molecular flexibility index (Phi) is 4.21. The van der Waals surface area contributed by atoms with E-state index in [-0.39, 0.29) is 6.04 Å². The van der Waals surface area contributed by atoms with Crippen molar-refractivity contribution >= 4 is 0 Å². The van der Waals surface area contributed by atoms with Gasteiger partial charge in [0.1, 0.15) is 17.6 Å². The number of rotatable bonds is 6. The molecule has 2 aromatic rings. The Labute approximate surface area is 120 Å². The number of nitrogens with one attached hydrogen (secondary N) is 1. The summed E-state index contributed by atoms with van der Waals surface area (Å²) in [7, 11) is 2.02. The summed E-state index contributed by atoms with van der Waals surface area (Å²) in [5, 5.41) is 3.62. The van der Waals surface area contributed by atoms with Crippen molar-refractivity contribution in [2.24, 2.45) is 13.0 Å². The summed E-state index contributed by atoms with van der Waals surface area (Å²) in [5.74, 6) is 2.85. The van der Waals surface area contributed by atoms with E-state index in [0.717, 1.165) is 24.0 Å². The van der Waals surface area contributed by atoms with Crippen molar-refractivity contribution in [3.05, 3.63) is 42.4 Å². The van der Waals surface area contributed by atoms with Crippen LogP contribution in [0.1, 0.15) is 49.7 Å². The molecule has 0 aromatic carbocycles. The summed E-state index contributed by atoms with van der Waals surface area (Å²) < 4.78 is 7.63. The second-order valence-corrected chi connectivity index (χ2v) is 5.74. The van der Waals surface area contributed by atoms with Gasteiger partial charge in [0.25, 0.3) is 0 Å². The fourth-order valence-corrected chi connectivity index (χ4v) is 3.16. The zero-order valence-corrected chi connectivity index (χ0v) is 12.1. The van der Waals surface area contributed by atoms with Gasteiger partial charge in [-0.1, -0.05) is 25.7 Å². The van der Waals surface area contributed by atoms with Crippen molar-refractivity contribution < 1.29 is 4.42 Å². The second kappa shape index (κ2) is 6.27. The molecule has 1 fully saturated rings. The first-order valence-electron chi connectivity index (χ1n) is 7.58. The number of hydrogen-bond acceptors (Lipinski definition) is 3. The molecular formula is C16H23N3O. The van der Waals surface area contributed by atoms with Gasteiger partial charge in [0.05, 0.1) is 6.26 Å². The molecule has 2 heterocycles. The first kappa shape index (κ1) is 13.4. The Balaban J connectivity index is 1.65. The largest absolute Gasteiger partial charge is 0.467 e. The van der Waals surface area contributed by atoms with Gasteiger partial charge in [-0.2, -0.15) is 0 Å². The van der Waals surface area contributed by atoms with Gasteiger partial charge < -0.3 is 14.3 Å². The lowest BCUT2D eigenvalue weighted by Gasteiger charge is -2.18. The van der Waals surface area contributed by atoms with E-state index in [1.165, 1.54) is 32.1 Å². The monoisotopic (exact) mass is 273 g/mol. The van der Waals surface area contributed by atoms with Crippen molar-refractivity contribution in [3.63, 3.8) is 0 Å². The molecule has 0 saturated heterocycles. The molecule has 1 aliphatic rings. The first-order valence-corrected chi connectivity index (χ1v) is 7.58. The van der Waals surface area contributed by atoms with Gasteiger partial charge in [0.2, 0.25) is 0 Å². The van der Waals surface area contributed by atoms with Gasteiger partial charge in [0, 0.05) is 19.4 Å². The summed E-state index contributed by atoms with van der Waals surface area (Å²) >= 11 is 0. The minimum atomic E-state index is 0.0476. The Morgan fingerprint density at radius 1 is 1.45 bits per heavy atom. The van der Waals surface area contributed by atoms with Crippen LogP contribution < -0.4 is 5.32 Å². The maximum atomic E-state index is 5.58. The van der Waals surface area contributed by atoms with Crippen LogP contribution in [0.15, 0.2) is 35.2 Å². The van der Waals surface area contributed by atoms with Crippen molar-refractivity contribution in [1.29, 1.82) is 0 Å². The molecule has 1 atom stereocenters. The predicted molar refractivity (Wildman–Crippen MR) is 78.3 cm³/mol. The highest BCUT2D eigenvalue weighted by Gasteiger charge is 2.21. The van der Waals surface area contributed by atoms with Crippen LogP contribution in [0.3, 0.4) is 0 Å². The van der Waals surface area contributed by atoms with E-state index >= 15 is 0 Å². The summed E-state index contributed by atoms with van der Waals surface area (Å²) in [6, 6.07) is 4.00. The van der Waals surface area contributed by atoms with Gasteiger partial charge in [-0.3, -0.25) is 0 Å². The van der Waals surface area contributed by atoms with E-state index < -0.39 is 0 Å². The molecule has 0 aliphatic heterocycles. The number of imidazole rings is 1. The Bertz CT molecular complexity index is 512. The van der Waals surface area contributed by atoms with E-state index in [0.29, 0.717) is 0 Å². The van der Waals surface area contributed by atoms with Crippen LogP contribution in [-0.4, -0.2) is 16.1 Å². The molecule has 20 heavy (non-hydrogen) atoms. The lowest BCUT2D eigenvalue weighted by atomic mass is 10.0. The highest BCUT2D eigenvalue weighted by Crippen LogP contribution is 2.28. The minimum Gasteiger partial charge on any atom is -0.467 e. The van der Waals surface area contributed by atoms with Crippen LogP contribution in [0.25, 0.3) is 0 Å². The molecule has 0 radical (unpaired) electrons. The van der Waals surface area contributed by atoms with Gasteiger partial charge in [0.15, 0.2) is 0 Å². The Morgan fingerprint density at radius 2 is 2.30 bits per heavy atom. The summed E-state index contributed by atoms with van der Waals surface area (Å²) in [4.78, 5) is 4.46. The fraction of sp³-hybridized carbons (Fsp3) is 0.562. The number of aryl methyl sites for hydroxylation is 1. The third-order valence-corrected chi connectivity index (χ3v) is 4.32. The van der Waals surface area contributed by atoms with Crippen molar-refractivity contribution in [3.8, 4) is 0 Å². The van der Waals surface area contributed by atoms with Crippen LogP contribution in [0.5, 0.6) is 0 Å². The third-order valence-electron chi connectivity index (χ3n) is 4.32. The number of aromatic nitrogens is 2. The number of hydrogen-bond donors (Lipinski definition) is 1. The molecule has 1 aliphatic carbocycles. The zero-order valence-electron chi connectivity index (χ0n) is 12.1. The van der Waals surface area contributed by atoms with Crippen molar-refractivity contribution in [2.45, 2.75) is 38.1 Å². The predicted octanol–water partition coefficient (Wildman–Crippen LogP) is 3.27. The molecule has 1 N–H and O–H groups in total. The summed E-state index contributed by atoms with van der Waals surface area (Å²) in [6.07, 6.45) is 12.4.